The Hall–Kier alpha value is -2.77. The SMILES string of the molecule is CN1CCN(Cc2ccc(CN(C)C(=O)c3ncnc4[nH]ccc34)cc2)CC1. The van der Waals surface area contributed by atoms with E-state index in [4.69, 9.17) is 0 Å². The molecule has 3 heterocycles. The van der Waals surface area contributed by atoms with Crippen LogP contribution in [0, 0.1) is 0 Å². The molecule has 1 fully saturated rings. The number of carbonyl (C=O) groups is 1. The van der Waals surface area contributed by atoms with Crippen LogP contribution in [0.5, 0.6) is 0 Å². The molecule has 1 aromatic carbocycles. The highest BCUT2D eigenvalue weighted by Gasteiger charge is 2.18. The predicted molar refractivity (Wildman–Crippen MR) is 109 cm³/mol. The molecule has 0 bridgehead atoms. The smallest absolute Gasteiger partial charge is 0.273 e. The lowest BCUT2D eigenvalue weighted by atomic mass is 10.1. The van der Waals surface area contributed by atoms with E-state index in [0.29, 0.717) is 17.9 Å². The summed E-state index contributed by atoms with van der Waals surface area (Å²) >= 11 is 0. The summed E-state index contributed by atoms with van der Waals surface area (Å²) in [5, 5.41) is 0.752. The summed E-state index contributed by atoms with van der Waals surface area (Å²) in [5.41, 5.74) is 3.53. The number of aromatic nitrogens is 3. The van der Waals surface area contributed by atoms with E-state index in [1.54, 1.807) is 18.1 Å². The summed E-state index contributed by atoms with van der Waals surface area (Å²) in [4.78, 5) is 30.7. The molecule has 0 spiro atoms. The molecule has 3 aromatic rings. The number of likely N-dealkylation sites (N-methyl/N-ethyl adjacent to an activating group) is 1. The monoisotopic (exact) mass is 378 g/mol. The van der Waals surface area contributed by atoms with Crippen LogP contribution < -0.4 is 0 Å². The Kier molecular flexibility index (Phi) is 5.36. The number of aromatic amines is 1. The predicted octanol–water partition coefficient (Wildman–Crippen LogP) is 1.98. The normalized spacial score (nSPS) is 15.8. The van der Waals surface area contributed by atoms with Gasteiger partial charge in [0.2, 0.25) is 0 Å². The average Bonchev–Trinajstić information content (AvgIpc) is 3.19. The topological polar surface area (TPSA) is 68.4 Å². The molecule has 146 valence electrons. The van der Waals surface area contributed by atoms with Gasteiger partial charge >= 0.3 is 0 Å². The number of nitrogens with one attached hydrogen (secondary N) is 1. The second-order valence-corrected chi connectivity index (χ2v) is 7.52. The lowest BCUT2D eigenvalue weighted by Crippen LogP contribution is -2.43. The van der Waals surface area contributed by atoms with Gasteiger partial charge in [0, 0.05) is 52.5 Å². The zero-order valence-corrected chi connectivity index (χ0v) is 16.4. The second kappa shape index (κ2) is 8.08. The highest BCUT2D eigenvalue weighted by molar-refractivity contribution is 6.03. The Labute approximate surface area is 165 Å². The molecule has 28 heavy (non-hydrogen) atoms. The number of rotatable bonds is 5. The van der Waals surface area contributed by atoms with Crippen molar-refractivity contribution >= 4 is 16.9 Å². The van der Waals surface area contributed by atoms with Crippen molar-refractivity contribution in [3.63, 3.8) is 0 Å². The van der Waals surface area contributed by atoms with Crippen molar-refractivity contribution in [1.82, 2.24) is 29.7 Å². The number of hydrogen-bond donors (Lipinski definition) is 1. The van der Waals surface area contributed by atoms with Gasteiger partial charge in [-0.05, 0) is 24.2 Å². The second-order valence-electron chi connectivity index (χ2n) is 7.52. The zero-order chi connectivity index (χ0) is 19.5. The van der Waals surface area contributed by atoms with E-state index < -0.39 is 0 Å². The van der Waals surface area contributed by atoms with Crippen molar-refractivity contribution in [2.75, 3.05) is 40.3 Å². The van der Waals surface area contributed by atoms with Crippen molar-refractivity contribution in [2.45, 2.75) is 13.1 Å². The molecule has 7 nitrogen and oxygen atoms in total. The van der Waals surface area contributed by atoms with Crippen LogP contribution in [0.15, 0.2) is 42.9 Å². The van der Waals surface area contributed by atoms with E-state index in [-0.39, 0.29) is 5.91 Å². The quantitative estimate of drug-likeness (QED) is 0.735. The molecule has 0 radical (unpaired) electrons. The number of amides is 1. The van der Waals surface area contributed by atoms with Crippen LogP contribution >= 0.6 is 0 Å². The van der Waals surface area contributed by atoms with Gasteiger partial charge in [-0.25, -0.2) is 9.97 Å². The van der Waals surface area contributed by atoms with Crippen LogP contribution in [0.4, 0.5) is 0 Å². The number of H-pyrrole nitrogens is 1. The lowest BCUT2D eigenvalue weighted by molar-refractivity contribution is 0.0781. The Morgan fingerprint density at radius 3 is 2.54 bits per heavy atom. The maximum Gasteiger partial charge on any atom is 0.273 e. The summed E-state index contributed by atoms with van der Waals surface area (Å²) in [6.45, 7) is 6.01. The third-order valence-electron chi connectivity index (χ3n) is 5.35. The molecule has 1 aliphatic heterocycles. The molecule has 0 aliphatic carbocycles. The fraction of sp³-hybridized carbons (Fsp3) is 0.381. The molecular formula is C21H26N6O. The van der Waals surface area contributed by atoms with Crippen LogP contribution in [0.1, 0.15) is 21.6 Å². The van der Waals surface area contributed by atoms with Gasteiger partial charge < -0.3 is 14.8 Å². The first-order chi connectivity index (χ1) is 13.6. The summed E-state index contributed by atoms with van der Waals surface area (Å²) in [6.07, 6.45) is 3.20. The summed E-state index contributed by atoms with van der Waals surface area (Å²) in [5.74, 6) is -0.103. The molecule has 7 heteroatoms. The fourth-order valence-electron chi connectivity index (χ4n) is 3.58. The zero-order valence-electron chi connectivity index (χ0n) is 16.4. The van der Waals surface area contributed by atoms with E-state index in [1.807, 2.05) is 6.07 Å². The fourth-order valence-corrected chi connectivity index (χ4v) is 3.58. The van der Waals surface area contributed by atoms with Gasteiger partial charge in [0.05, 0.1) is 5.39 Å². The highest BCUT2D eigenvalue weighted by Crippen LogP contribution is 2.16. The molecule has 2 aromatic heterocycles. The highest BCUT2D eigenvalue weighted by atomic mass is 16.2. The first kappa shape index (κ1) is 18.6. The van der Waals surface area contributed by atoms with Crippen LogP contribution in [0.25, 0.3) is 11.0 Å². The number of benzene rings is 1. The van der Waals surface area contributed by atoms with Crippen molar-refractivity contribution in [1.29, 1.82) is 0 Å². The number of piperazine rings is 1. The first-order valence-corrected chi connectivity index (χ1v) is 9.62. The minimum Gasteiger partial charge on any atom is -0.346 e. The summed E-state index contributed by atoms with van der Waals surface area (Å²) < 4.78 is 0. The van der Waals surface area contributed by atoms with Gasteiger partial charge in [-0.2, -0.15) is 0 Å². The first-order valence-electron chi connectivity index (χ1n) is 9.62. The van der Waals surface area contributed by atoms with Crippen molar-refractivity contribution in [3.8, 4) is 0 Å². The Bertz CT molecular complexity index is 943. The number of fused-ring (bicyclic) bond motifs is 1. The largest absolute Gasteiger partial charge is 0.346 e. The number of nitrogens with zero attached hydrogens (tertiary/aromatic N) is 5. The number of hydrogen-bond acceptors (Lipinski definition) is 5. The molecule has 0 unspecified atom stereocenters. The van der Waals surface area contributed by atoms with Gasteiger partial charge in [0.15, 0.2) is 0 Å². The van der Waals surface area contributed by atoms with Crippen molar-refractivity contribution < 1.29 is 4.79 Å². The van der Waals surface area contributed by atoms with Crippen LogP contribution in [0.2, 0.25) is 0 Å². The number of carbonyl (C=O) groups excluding carboxylic acids is 1. The third kappa shape index (κ3) is 4.05. The molecule has 1 amide bonds. The standard InChI is InChI=1S/C21H26N6O/c1-25-9-11-27(12-10-25)14-17-5-3-16(4-6-17)13-26(2)21(28)19-18-7-8-22-20(18)24-15-23-19/h3-8,15H,9-14H2,1-2H3,(H,22,23,24). The Morgan fingerprint density at radius 1 is 1.07 bits per heavy atom. The van der Waals surface area contributed by atoms with Crippen LogP contribution in [0.3, 0.4) is 0 Å². The Morgan fingerprint density at radius 2 is 1.79 bits per heavy atom. The lowest BCUT2D eigenvalue weighted by Gasteiger charge is -2.32. The third-order valence-corrected chi connectivity index (χ3v) is 5.35. The maximum absolute atomic E-state index is 12.8. The van der Waals surface area contributed by atoms with Crippen LogP contribution in [-0.2, 0) is 13.1 Å². The molecule has 1 aliphatic rings. The van der Waals surface area contributed by atoms with E-state index in [9.17, 15) is 4.79 Å². The van der Waals surface area contributed by atoms with Gasteiger partial charge in [0.25, 0.3) is 5.91 Å². The minimum atomic E-state index is -0.103. The summed E-state index contributed by atoms with van der Waals surface area (Å²) in [7, 11) is 3.98. The van der Waals surface area contributed by atoms with Gasteiger partial charge in [-0.3, -0.25) is 9.69 Å². The van der Waals surface area contributed by atoms with Crippen molar-refractivity contribution in [3.05, 3.63) is 59.7 Å². The van der Waals surface area contributed by atoms with Gasteiger partial charge in [-0.15, -0.1) is 0 Å². The maximum atomic E-state index is 12.8. The molecular weight excluding hydrogens is 352 g/mol. The van der Waals surface area contributed by atoms with E-state index >= 15 is 0 Å². The van der Waals surface area contributed by atoms with Gasteiger partial charge in [0.1, 0.15) is 17.7 Å². The van der Waals surface area contributed by atoms with Crippen molar-refractivity contribution in [2.24, 2.45) is 0 Å². The molecule has 1 N–H and O–H groups in total. The van der Waals surface area contributed by atoms with Crippen LogP contribution in [-0.4, -0.2) is 75.8 Å². The average molecular weight is 378 g/mol. The molecule has 0 saturated carbocycles. The van der Waals surface area contributed by atoms with E-state index in [2.05, 4.69) is 56.1 Å². The minimum absolute atomic E-state index is 0.103. The van der Waals surface area contributed by atoms with Gasteiger partial charge in [-0.1, -0.05) is 24.3 Å². The molecule has 0 atom stereocenters. The Balaban J connectivity index is 1.38. The van der Waals surface area contributed by atoms with E-state index in [1.165, 1.54) is 11.9 Å². The van der Waals surface area contributed by atoms with E-state index in [0.717, 1.165) is 43.7 Å². The molecule has 1 saturated heterocycles. The molecule has 4 rings (SSSR count). The summed E-state index contributed by atoms with van der Waals surface area (Å²) in [6, 6.07) is 10.4.